The van der Waals surface area contributed by atoms with Gasteiger partial charge in [-0.05, 0) is 196 Å². The van der Waals surface area contributed by atoms with Gasteiger partial charge in [0.25, 0.3) is 0 Å². The van der Waals surface area contributed by atoms with Crippen LogP contribution >= 0.6 is 0 Å². The molecular weight excluding hydrogens is 1250 g/mol. The number of alkyl halides is 9. The van der Waals surface area contributed by atoms with Crippen molar-refractivity contribution in [3.05, 3.63) is 285 Å². The van der Waals surface area contributed by atoms with Crippen molar-refractivity contribution in [1.29, 1.82) is 5.26 Å². The van der Waals surface area contributed by atoms with Crippen LogP contribution in [0.15, 0.2) is 218 Å². The zero-order valence-corrected chi connectivity index (χ0v) is 54.4. The summed E-state index contributed by atoms with van der Waals surface area (Å²) in [6, 6.07) is 65.3. The molecule has 16 rings (SSSR count). The lowest BCUT2D eigenvalue weighted by Crippen LogP contribution is -2.14. The van der Waals surface area contributed by atoms with Crippen molar-refractivity contribution in [3.8, 4) is 51.1 Å². The number of rotatable bonds is 6. The average molecular weight is 1310 g/mol. The molecule has 0 fully saturated rings. The maximum atomic E-state index is 15.6. The summed E-state index contributed by atoms with van der Waals surface area (Å²) in [5, 5.41) is 18.3. The van der Waals surface area contributed by atoms with Crippen molar-refractivity contribution in [1.82, 2.24) is 18.3 Å². The Morgan fingerprint density at radius 2 is 0.480 bits per heavy atom. The Bertz CT molecular complexity index is 5840. The Morgan fingerprint density at radius 3 is 0.745 bits per heavy atom. The number of fused-ring (bicyclic) bond motifs is 12. The van der Waals surface area contributed by atoms with E-state index in [9.17, 15) is 31.6 Å². The van der Waals surface area contributed by atoms with Gasteiger partial charge in [0.2, 0.25) is 0 Å². The normalized spacial score (nSPS) is 12.3. The first kappa shape index (κ1) is 62.8. The maximum absolute atomic E-state index is 15.6. The molecule has 0 aliphatic heterocycles. The van der Waals surface area contributed by atoms with Gasteiger partial charge in [0, 0.05) is 54.2 Å². The molecule has 4 aromatic heterocycles. The Kier molecular flexibility index (Phi) is 14.7. The lowest BCUT2D eigenvalue weighted by molar-refractivity contribution is -0.138. The van der Waals surface area contributed by atoms with Crippen molar-refractivity contribution >= 4 is 87.2 Å². The predicted octanol–water partition coefficient (Wildman–Crippen LogP) is 24.5. The zero-order chi connectivity index (χ0) is 68.8. The summed E-state index contributed by atoms with van der Waals surface area (Å²) in [5.41, 5.74) is 12.4. The molecule has 0 spiro atoms. The first-order valence-corrected chi connectivity index (χ1v) is 32.0. The number of benzene rings is 12. The van der Waals surface area contributed by atoms with Crippen LogP contribution in [0.2, 0.25) is 0 Å². The molecule has 0 atom stereocenters. The smallest absolute Gasteiger partial charge is 0.309 e. The van der Waals surface area contributed by atoms with Crippen LogP contribution in [0.4, 0.5) is 39.5 Å². The van der Waals surface area contributed by atoms with E-state index in [0.717, 1.165) is 128 Å². The zero-order valence-electron chi connectivity index (χ0n) is 54.4. The molecule has 0 radical (unpaired) electrons. The van der Waals surface area contributed by atoms with Crippen molar-refractivity contribution < 1.29 is 39.5 Å². The third-order valence-corrected chi connectivity index (χ3v) is 19.6. The van der Waals surface area contributed by atoms with Crippen LogP contribution in [0.5, 0.6) is 0 Å². The molecule has 98 heavy (non-hydrogen) atoms. The van der Waals surface area contributed by atoms with E-state index in [4.69, 9.17) is 0 Å². The summed E-state index contributed by atoms with van der Waals surface area (Å²) in [5.74, 6) is 0. The molecule has 0 aliphatic carbocycles. The lowest BCUT2D eigenvalue weighted by atomic mass is 9.94. The summed E-state index contributed by atoms with van der Waals surface area (Å²) in [6.07, 6.45) is -14.2. The number of nitriles is 1. The van der Waals surface area contributed by atoms with Crippen molar-refractivity contribution in [2.24, 2.45) is 0 Å². The number of nitrogens with zero attached hydrogens (tertiary/aromatic N) is 5. The first-order chi connectivity index (χ1) is 46.9. The highest BCUT2D eigenvalue weighted by Gasteiger charge is 2.40. The average Bonchev–Trinajstić information content (AvgIpc) is 1.52. The van der Waals surface area contributed by atoms with E-state index in [1.54, 1.807) is 63.7 Å². The summed E-state index contributed by atoms with van der Waals surface area (Å²) in [6.45, 7) is 15.9. The second kappa shape index (κ2) is 22.9. The van der Waals surface area contributed by atoms with Gasteiger partial charge in [-0.1, -0.05) is 133 Å². The summed E-state index contributed by atoms with van der Waals surface area (Å²) in [4.78, 5) is 0. The minimum absolute atomic E-state index is 0.00195. The minimum atomic E-state index is -4.87. The molecule has 4 heterocycles. The first-order valence-electron chi connectivity index (χ1n) is 32.0. The van der Waals surface area contributed by atoms with Gasteiger partial charge >= 0.3 is 18.5 Å². The molecule has 5 nitrogen and oxygen atoms in total. The van der Waals surface area contributed by atoms with Crippen molar-refractivity contribution in [3.63, 3.8) is 0 Å². The molecule has 0 N–H and O–H groups in total. The van der Waals surface area contributed by atoms with Crippen molar-refractivity contribution in [2.75, 3.05) is 0 Å². The van der Waals surface area contributed by atoms with Gasteiger partial charge in [-0.3, -0.25) is 0 Å². The van der Waals surface area contributed by atoms with Crippen LogP contribution in [-0.4, -0.2) is 18.3 Å². The monoisotopic (exact) mass is 1310 g/mol. The molecule has 0 aliphatic rings. The molecule has 0 saturated heterocycles. The number of hydrogen-bond acceptors (Lipinski definition) is 1. The fourth-order valence-corrected chi connectivity index (χ4v) is 15.4. The van der Waals surface area contributed by atoms with E-state index in [0.29, 0.717) is 44.6 Å². The number of halogens is 9. The number of aryl methyl sites for hydroxylation is 8. The molecule has 14 heteroatoms. The standard InChI is InChI=1S/C42H30F6N2.C42H30F3N3/c1-23-11-7-17-31-37(23)38-24(2)12-8-18-32(38)49(31)35-22-30(42(46,47)48)36(21-28(35)27-15-5-6-16-29(27)41(43,44)45)50-33-19-9-13-25(3)39(33)40-26(4)14-10-20-34(40)50;1-24-11-7-17-32-38(24)39-25(2)12-8-18-33(39)47(32)36-22-30(29-15-5-6-16-31(29)42(43,44)45)37(21-28(36)23-46)48-34-19-9-13-26(3)40(34)41-27(4)14-10-20-35(41)48/h5-22H,1-4H3;5-22H,1-4H3. The summed E-state index contributed by atoms with van der Waals surface area (Å²) in [7, 11) is 0. The maximum Gasteiger partial charge on any atom is 0.418 e. The molecule has 0 saturated carbocycles. The summed E-state index contributed by atoms with van der Waals surface area (Å²) >= 11 is 0. The molecule has 0 unspecified atom stereocenters. The van der Waals surface area contributed by atoms with E-state index in [1.807, 2.05) is 122 Å². The third kappa shape index (κ3) is 9.75. The Labute approximate surface area is 557 Å². The number of hydrogen-bond donors (Lipinski definition) is 0. The van der Waals surface area contributed by atoms with Crippen LogP contribution in [0.1, 0.15) is 66.8 Å². The van der Waals surface area contributed by atoms with E-state index in [1.165, 1.54) is 36.4 Å². The number of aromatic nitrogens is 4. The largest absolute Gasteiger partial charge is 0.418 e. The second-order valence-electron chi connectivity index (χ2n) is 25.6. The van der Waals surface area contributed by atoms with E-state index in [2.05, 4.69) is 58.0 Å². The van der Waals surface area contributed by atoms with Crippen LogP contribution < -0.4 is 0 Å². The van der Waals surface area contributed by atoms with Crippen LogP contribution in [0.3, 0.4) is 0 Å². The van der Waals surface area contributed by atoms with E-state index >= 15 is 13.2 Å². The second-order valence-corrected chi connectivity index (χ2v) is 25.6. The molecule has 16 aromatic rings. The fraction of sp³-hybridized carbons (Fsp3) is 0.131. The molecule has 12 aromatic carbocycles. The van der Waals surface area contributed by atoms with Crippen molar-refractivity contribution in [2.45, 2.75) is 73.9 Å². The molecule has 484 valence electrons. The van der Waals surface area contributed by atoms with Gasteiger partial charge in [0.05, 0.1) is 89.1 Å². The minimum Gasteiger partial charge on any atom is -0.309 e. The molecule has 0 amide bonds. The van der Waals surface area contributed by atoms with Gasteiger partial charge in [-0.25, -0.2) is 0 Å². The molecule has 0 bridgehead atoms. The van der Waals surface area contributed by atoms with Gasteiger partial charge in [-0.15, -0.1) is 0 Å². The Morgan fingerprint density at radius 1 is 0.245 bits per heavy atom. The van der Waals surface area contributed by atoms with Crippen LogP contribution in [0.25, 0.3) is 132 Å². The molecular formula is C84H60F9N5. The van der Waals surface area contributed by atoms with Gasteiger partial charge in [-0.2, -0.15) is 44.8 Å². The Hall–Kier alpha value is -11.3. The quantitative estimate of drug-likeness (QED) is 0.153. The van der Waals surface area contributed by atoms with E-state index < -0.39 is 35.2 Å². The topological polar surface area (TPSA) is 43.5 Å². The highest BCUT2D eigenvalue weighted by molar-refractivity contribution is 6.16. The lowest BCUT2D eigenvalue weighted by Gasteiger charge is -2.23. The van der Waals surface area contributed by atoms with Gasteiger partial charge < -0.3 is 18.3 Å². The van der Waals surface area contributed by atoms with E-state index in [-0.39, 0.29) is 28.1 Å². The fourth-order valence-electron chi connectivity index (χ4n) is 15.4. The highest BCUT2D eigenvalue weighted by atomic mass is 19.4. The third-order valence-electron chi connectivity index (χ3n) is 19.6. The van der Waals surface area contributed by atoms with Crippen LogP contribution in [-0.2, 0) is 18.5 Å². The van der Waals surface area contributed by atoms with Gasteiger partial charge in [0.1, 0.15) is 6.07 Å². The summed E-state index contributed by atoms with van der Waals surface area (Å²) < 4.78 is 143. The predicted molar refractivity (Wildman–Crippen MR) is 379 cm³/mol. The SMILES string of the molecule is Cc1cccc2c1c1c(C)cccc1n2-c1cc(-c2ccccc2C(F)(F)F)c(-n2c3cccc(C)c3c3c(C)cccc32)cc1C#N.Cc1cccc2c1c1c(C)cccc1n2-c1cc(C(F)(F)F)c(-n2c3cccc(C)c3c3c(C)cccc32)cc1-c1ccccc1C(F)(F)F. The van der Waals surface area contributed by atoms with Crippen LogP contribution in [0, 0.1) is 66.7 Å². The Balaban J connectivity index is 0.000000160. The van der Waals surface area contributed by atoms with Gasteiger partial charge in [0.15, 0.2) is 0 Å². The highest BCUT2D eigenvalue weighted by Crippen LogP contribution is 2.50.